The summed E-state index contributed by atoms with van der Waals surface area (Å²) in [5, 5.41) is 10.9. The highest BCUT2D eigenvalue weighted by molar-refractivity contribution is 6.36. The first-order chi connectivity index (χ1) is 11.0. The van der Waals surface area contributed by atoms with Crippen molar-refractivity contribution < 1.29 is 9.21 Å². The van der Waals surface area contributed by atoms with E-state index in [1.165, 1.54) is 6.07 Å². The fourth-order valence-electron chi connectivity index (χ4n) is 1.92. The van der Waals surface area contributed by atoms with Crippen LogP contribution in [-0.2, 0) is 0 Å². The third-order valence-electron chi connectivity index (χ3n) is 3.12. The molecule has 0 saturated carbocycles. The van der Waals surface area contributed by atoms with E-state index in [0.717, 1.165) is 11.1 Å². The first kappa shape index (κ1) is 15.5. The molecular formula is C16H11Cl2N3O2. The lowest BCUT2D eigenvalue weighted by molar-refractivity contribution is 0.102. The molecule has 0 spiro atoms. The van der Waals surface area contributed by atoms with Gasteiger partial charge in [0.2, 0.25) is 5.89 Å². The van der Waals surface area contributed by atoms with Gasteiger partial charge in [-0.2, -0.15) is 0 Å². The van der Waals surface area contributed by atoms with Crippen molar-refractivity contribution in [3.63, 3.8) is 0 Å². The lowest BCUT2D eigenvalue weighted by atomic mass is 10.1. The monoisotopic (exact) mass is 347 g/mol. The van der Waals surface area contributed by atoms with E-state index < -0.39 is 5.91 Å². The minimum atomic E-state index is -0.475. The van der Waals surface area contributed by atoms with E-state index in [1.807, 2.05) is 31.2 Å². The Morgan fingerprint density at radius 2 is 1.83 bits per heavy atom. The maximum atomic E-state index is 12.2. The standard InChI is InChI=1S/C16H11Cl2N3O2/c1-9-2-4-10(5-3-9)15-20-21-16(23-15)19-14(22)12-8-11(17)6-7-13(12)18/h2-8H,1H3,(H,19,21,22). The van der Waals surface area contributed by atoms with E-state index in [2.05, 4.69) is 15.5 Å². The molecule has 1 aromatic heterocycles. The van der Waals surface area contributed by atoms with E-state index in [9.17, 15) is 4.79 Å². The van der Waals surface area contributed by atoms with Crippen molar-refractivity contribution in [3.05, 3.63) is 63.6 Å². The summed E-state index contributed by atoms with van der Waals surface area (Å²) >= 11 is 11.9. The molecule has 7 heteroatoms. The van der Waals surface area contributed by atoms with Crippen LogP contribution in [-0.4, -0.2) is 16.1 Å². The van der Waals surface area contributed by atoms with Crippen molar-refractivity contribution in [2.24, 2.45) is 0 Å². The van der Waals surface area contributed by atoms with Crippen molar-refractivity contribution in [1.29, 1.82) is 0 Å². The van der Waals surface area contributed by atoms with Crippen LogP contribution in [0, 0.1) is 6.92 Å². The number of nitrogens with zero attached hydrogens (tertiary/aromatic N) is 2. The number of rotatable bonds is 3. The zero-order valence-corrected chi connectivity index (χ0v) is 13.5. The minimum absolute atomic E-state index is 0.0124. The number of nitrogens with one attached hydrogen (secondary N) is 1. The number of carbonyl (C=O) groups excluding carboxylic acids is 1. The number of aromatic nitrogens is 2. The third kappa shape index (κ3) is 3.52. The number of benzene rings is 2. The van der Waals surface area contributed by atoms with Gasteiger partial charge in [0.05, 0.1) is 10.6 Å². The summed E-state index contributed by atoms with van der Waals surface area (Å²) < 4.78 is 5.44. The van der Waals surface area contributed by atoms with Gasteiger partial charge in [-0.25, -0.2) is 0 Å². The van der Waals surface area contributed by atoms with Crippen molar-refractivity contribution >= 4 is 35.1 Å². The molecule has 0 radical (unpaired) electrons. The molecule has 3 rings (SSSR count). The Bertz CT molecular complexity index is 860. The van der Waals surface area contributed by atoms with Gasteiger partial charge in [0, 0.05) is 10.6 Å². The van der Waals surface area contributed by atoms with Gasteiger partial charge in [0.25, 0.3) is 5.91 Å². The molecule has 0 aliphatic rings. The second-order valence-corrected chi connectivity index (χ2v) is 5.70. The fraction of sp³-hybridized carbons (Fsp3) is 0.0625. The Morgan fingerprint density at radius 3 is 2.57 bits per heavy atom. The summed E-state index contributed by atoms with van der Waals surface area (Å²) in [6, 6.07) is 12.2. The van der Waals surface area contributed by atoms with Gasteiger partial charge in [-0.1, -0.05) is 46.0 Å². The first-order valence-electron chi connectivity index (χ1n) is 6.70. The van der Waals surface area contributed by atoms with Gasteiger partial charge in [-0.15, -0.1) is 5.10 Å². The van der Waals surface area contributed by atoms with E-state index in [0.29, 0.717) is 10.9 Å². The molecule has 0 fully saturated rings. The summed E-state index contributed by atoms with van der Waals surface area (Å²) in [5.74, 6) is -0.158. The molecule has 2 aromatic carbocycles. The molecule has 23 heavy (non-hydrogen) atoms. The summed E-state index contributed by atoms with van der Waals surface area (Å²) in [5.41, 5.74) is 2.12. The second kappa shape index (κ2) is 6.40. The average molecular weight is 348 g/mol. The van der Waals surface area contributed by atoms with Gasteiger partial charge >= 0.3 is 6.01 Å². The number of carbonyl (C=O) groups is 1. The van der Waals surface area contributed by atoms with Crippen LogP contribution in [0.3, 0.4) is 0 Å². The molecule has 0 aliphatic carbocycles. The van der Waals surface area contributed by atoms with Crippen molar-refractivity contribution in [1.82, 2.24) is 10.2 Å². The van der Waals surface area contributed by atoms with Crippen LogP contribution in [0.5, 0.6) is 0 Å². The summed E-state index contributed by atoms with van der Waals surface area (Å²) in [4.78, 5) is 12.2. The molecule has 0 unspecified atom stereocenters. The van der Waals surface area contributed by atoms with Crippen molar-refractivity contribution in [2.45, 2.75) is 6.92 Å². The predicted octanol–water partition coefficient (Wildman–Crippen LogP) is 4.60. The first-order valence-corrected chi connectivity index (χ1v) is 7.45. The SMILES string of the molecule is Cc1ccc(-c2nnc(NC(=O)c3cc(Cl)ccc3Cl)o2)cc1. The molecular weight excluding hydrogens is 337 g/mol. The Labute approximate surface area is 142 Å². The zero-order valence-electron chi connectivity index (χ0n) is 12.0. The van der Waals surface area contributed by atoms with Gasteiger partial charge < -0.3 is 4.42 Å². The third-order valence-corrected chi connectivity index (χ3v) is 3.68. The second-order valence-electron chi connectivity index (χ2n) is 4.86. The average Bonchev–Trinajstić information content (AvgIpc) is 2.99. The maximum Gasteiger partial charge on any atom is 0.322 e. The summed E-state index contributed by atoms with van der Waals surface area (Å²) in [7, 11) is 0. The van der Waals surface area contributed by atoms with Crippen LogP contribution >= 0.6 is 23.2 Å². The van der Waals surface area contributed by atoms with Crippen LogP contribution < -0.4 is 5.32 Å². The summed E-state index contributed by atoms with van der Waals surface area (Å²) in [6.07, 6.45) is 0. The van der Waals surface area contributed by atoms with Crippen molar-refractivity contribution in [2.75, 3.05) is 5.32 Å². The van der Waals surface area contributed by atoms with Gasteiger partial charge in [-0.05, 0) is 37.3 Å². The molecule has 116 valence electrons. The Hall–Kier alpha value is -2.37. The number of hydrogen-bond acceptors (Lipinski definition) is 4. The van der Waals surface area contributed by atoms with Crippen LogP contribution in [0.15, 0.2) is 46.9 Å². The highest BCUT2D eigenvalue weighted by atomic mass is 35.5. The van der Waals surface area contributed by atoms with Crippen LogP contribution in [0.1, 0.15) is 15.9 Å². The highest BCUT2D eigenvalue weighted by Gasteiger charge is 2.15. The topological polar surface area (TPSA) is 68.0 Å². The largest absolute Gasteiger partial charge is 0.403 e. The quantitative estimate of drug-likeness (QED) is 0.751. The van der Waals surface area contributed by atoms with E-state index in [4.69, 9.17) is 27.6 Å². The lowest BCUT2D eigenvalue weighted by Crippen LogP contribution is -2.12. The molecule has 5 nitrogen and oxygen atoms in total. The lowest BCUT2D eigenvalue weighted by Gasteiger charge is -2.03. The molecule has 3 aromatic rings. The van der Waals surface area contributed by atoms with Crippen LogP contribution in [0.4, 0.5) is 6.01 Å². The van der Waals surface area contributed by atoms with Gasteiger partial charge in [-0.3, -0.25) is 10.1 Å². The Kier molecular flexibility index (Phi) is 4.32. The minimum Gasteiger partial charge on any atom is -0.403 e. The Morgan fingerprint density at radius 1 is 1.09 bits per heavy atom. The molecule has 1 amide bonds. The summed E-state index contributed by atoms with van der Waals surface area (Å²) in [6.45, 7) is 1.98. The normalized spacial score (nSPS) is 10.6. The van der Waals surface area contributed by atoms with E-state index in [1.54, 1.807) is 12.1 Å². The van der Waals surface area contributed by atoms with Gasteiger partial charge in [0.15, 0.2) is 0 Å². The molecule has 0 atom stereocenters. The van der Waals surface area contributed by atoms with E-state index >= 15 is 0 Å². The van der Waals surface area contributed by atoms with Gasteiger partial charge in [0.1, 0.15) is 0 Å². The smallest absolute Gasteiger partial charge is 0.322 e. The number of hydrogen-bond donors (Lipinski definition) is 1. The number of halogens is 2. The molecule has 1 N–H and O–H groups in total. The maximum absolute atomic E-state index is 12.2. The van der Waals surface area contributed by atoms with Crippen LogP contribution in [0.25, 0.3) is 11.5 Å². The molecule has 1 heterocycles. The zero-order chi connectivity index (χ0) is 16.4. The molecule has 0 bridgehead atoms. The number of aryl methyl sites for hydroxylation is 1. The van der Waals surface area contributed by atoms with Crippen molar-refractivity contribution in [3.8, 4) is 11.5 Å². The Balaban J connectivity index is 1.80. The molecule has 0 aliphatic heterocycles. The van der Waals surface area contributed by atoms with Crippen LogP contribution in [0.2, 0.25) is 10.0 Å². The highest BCUT2D eigenvalue weighted by Crippen LogP contribution is 2.23. The molecule has 0 saturated heterocycles. The predicted molar refractivity (Wildman–Crippen MR) is 88.9 cm³/mol. The number of amides is 1. The fourth-order valence-corrected chi connectivity index (χ4v) is 2.30. The number of anilines is 1. The van der Waals surface area contributed by atoms with E-state index in [-0.39, 0.29) is 16.6 Å².